The third-order valence-electron chi connectivity index (χ3n) is 4.54. The van der Waals surface area contributed by atoms with Crippen LogP contribution in [0.25, 0.3) is 33.8 Å². The average Bonchev–Trinajstić information content (AvgIpc) is 3.27. The molecule has 0 amide bonds. The van der Waals surface area contributed by atoms with Crippen molar-refractivity contribution in [2.24, 2.45) is 0 Å². The van der Waals surface area contributed by atoms with Gasteiger partial charge in [-0.2, -0.15) is 5.26 Å². The number of hydrogen-bond acceptors (Lipinski definition) is 6. The molecule has 0 radical (unpaired) electrons. The summed E-state index contributed by atoms with van der Waals surface area (Å²) in [6, 6.07) is 17.4. The standard InChI is InChI=1S/C23H16ClN3O2S/c1-28-20-8-7-15(11-21(20)29-2)19-13-30-23(27-19)17(12-25)10-16-9-14-5-3-4-6-18(14)26-22(16)24/h3-11,13H,1-2H3/b17-10+. The van der Waals surface area contributed by atoms with Gasteiger partial charge in [0.1, 0.15) is 16.2 Å². The topological polar surface area (TPSA) is 68.0 Å². The highest BCUT2D eigenvalue weighted by Crippen LogP contribution is 2.34. The van der Waals surface area contributed by atoms with Crippen LogP contribution >= 0.6 is 22.9 Å². The zero-order chi connectivity index (χ0) is 21.1. The van der Waals surface area contributed by atoms with Crippen LogP contribution < -0.4 is 9.47 Å². The molecule has 2 aromatic carbocycles. The summed E-state index contributed by atoms with van der Waals surface area (Å²) in [6.07, 6.45) is 1.72. The molecule has 0 fully saturated rings. The van der Waals surface area contributed by atoms with Crippen molar-refractivity contribution in [3.05, 3.63) is 69.6 Å². The van der Waals surface area contributed by atoms with Gasteiger partial charge in [-0.1, -0.05) is 29.8 Å². The highest BCUT2D eigenvalue weighted by molar-refractivity contribution is 7.11. The molecule has 0 saturated carbocycles. The predicted octanol–water partition coefficient (Wildman–Crippen LogP) is 6.09. The van der Waals surface area contributed by atoms with E-state index >= 15 is 0 Å². The summed E-state index contributed by atoms with van der Waals surface area (Å²) in [6.45, 7) is 0. The van der Waals surface area contributed by atoms with Crippen LogP contribution in [-0.4, -0.2) is 24.2 Å². The number of methoxy groups -OCH3 is 2. The molecule has 0 saturated heterocycles. The van der Waals surface area contributed by atoms with Gasteiger partial charge < -0.3 is 9.47 Å². The van der Waals surface area contributed by atoms with E-state index in [1.54, 1.807) is 20.3 Å². The number of nitrogens with zero attached hydrogens (tertiary/aromatic N) is 3. The molecule has 2 heterocycles. The van der Waals surface area contributed by atoms with Crippen LogP contribution in [0.5, 0.6) is 11.5 Å². The summed E-state index contributed by atoms with van der Waals surface area (Å²) in [4.78, 5) is 9.05. The summed E-state index contributed by atoms with van der Waals surface area (Å²) in [5, 5.41) is 13.5. The van der Waals surface area contributed by atoms with Crippen molar-refractivity contribution in [3.63, 3.8) is 0 Å². The third kappa shape index (κ3) is 3.86. The lowest BCUT2D eigenvalue weighted by Crippen LogP contribution is -1.91. The Morgan fingerprint density at radius 1 is 1.07 bits per heavy atom. The number of nitriles is 1. The van der Waals surface area contributed by atoms with Crippen LogP contribution in [-0.2, 0) is 0 Å². The maximum absolute atomic E-state index is 9.72. The number of hydrogen-bond donors (Lipinski definition) is 0. The fourth-order valence-electron chi connectivity index (χ4n) is 3.03. The fourth-order valence-corrected chi connectivity index (χ4v) is 4.03. The van der Waals surface area contributed by atoms with Crippen molar-refractivity contribution in [2.75, 3.05) is 14.2 Å². The number of benzene rings is 2. The lowest BCUT2D eigenvalue weighted by molar-refractivity contribution is 0.355. The number of para-hydroxylation sites is 1. The Labute approximate surface area is 182 Å². The number of allylic oxidation sites excluding steroid dienone is 1. The van der Waals surface area contributed by atoms with Crippen LogP contribution in [0.4, 0.5) is 0 Å². The number of halogens is 1. The number of rotatable bonds is 5. The number of thiazole rings is 1. The molecule has 30 heavy (non-hydrogen) atoms. The first-order valence-corrected chi connectivity index (χ1v) is 10.2. The van der Waals surface area contributed by atoms with E-state index < -0.39 is 0 Å². The van der Waals surface area contributed by atoms with E-state index in [-0.39, 0.29) is 0 Å². The molecule has 148 valence electrons. The molecule has 0 aliphatic heterocycles. The molecule has 2 aromatic heterocycles. The summed E-state index contributed by atoms with van der Waals surface area (Å²) in [7, 11) is 3.18. The predicted molar refractivity (Wildman–Crippen MR) is 121 cm³/mol. The van der Waals surface area contributed by atoms with Gasteiger partial charge in [0.15, 0.2) is 11.5 Å². The van der Waals surface area contributed by atoms with Crippen molar-refractivity contribution in [1.29, 1.82) is 5.26 Å². The minimum atomic E-state index is 0.345. The van der Waals surface area contributed by atoms with Crippen molar-refractivity contribution >= 4 is 45.5 Å². The summed E-state index contributed by atoms with van der Waals surface area (Å²) in [5.74, 6) is 1.27. The maximum atomic E-state index is 9.72. The van der Waals surface area contributed by atoms with Crippen LogP contribution in [0, 0.1) is 11.3 Å². The largest absolute Gasteiger partial charge is 0.493 e. The molecule has 4 aromatic rings. The zero-order valence-corrected chi connectivity index (χ0v) is 17.8. The van der Waals surface area contributed by atoms with E-state index in [2.05, 4.69) is 16.0 Å². The smallest absolute Gasteiger partial charge is 0.161 e. The van der Waals surface area contributed by atoms with E-state index in [1.807, 2.05) is 53.9 Å². The molecule has 0 spiro atoms. The van der Waals surface area contributed by atoms with Crippen LogP contribution in [0.15, 0.2) is 53.9 Å². The fraction of sp³-hybridized carbons (Fsp3) is 0.0870. The Balaban J connectivity index is 1.71. The Morgan fingerprint density at radius 3 is 2.63 bits per heavy atom. The van der Waals surface area contributed by atoms with Crippen molar-refractivity contribution < 1.29 is 9.47 Å². The van der Waals surface area contributed by atoms with Gasteiger partial charge in [0.05, 0.1) is 31.0 Å². The number of fused-ring (bicyclic) bond motifs is 1. The second kappa shape index (κ2) is 8.54. The second-order valence-electron chi connectivity index (χ2n) is 6.34. The second-order valence-corrected chi connectivity index (χ2v) is 7.55. The average molecular weight is 434 g/mol. The molecule has 0 N–H and O–H groups in total. The lowest BCUT2D eigenvalue weighted by atomic mass is 10.1. The first kappa shape index (κ1) is 19.9. The molecule has 0 aliphatic rings. The molecule has 5 nitrogen and oxygen atoms in total. The summed E-state index contributed by atoms with van der Waals surface area (Å²) in [5.41, 5.74) is 3.53. The zero-order valence-electron chi connectivity index (χ0n) is 16.2. The molecule has 0 bridgehead atoms. The van der Waals surface area contributed by atoms with Crippen LogP contribution in [0.2, 0.25) is 5.15 Å². The van der Waals surface area contributed by atoms with E-state index in [9.17, 15) is 5.26 Å². The van der Waals surface area contributed by atoms with Crippen LogP contribution in [0.1, 0.15) is 10.6 Å². The molecular weight excluding hydrogens is 418 g/mol. The minimum Gasteiger partial charge on any atom is -0.493 e. The van der Waals surface area contributed by atoms with Crippen molar-refractivity contribution in [1.82, 2.24) is 9.97 Å². The molecular formula is C23H16ClN3O2S. The summed E-state index contributed by atoms with van der Waals surface area (Å²) >= 11 is 7.74. The molecule has 0 unspecified atom stereocenters. The van der Waals surface area contributed by atoms with Gasteiger partial charge in [-0.05, 0) is 36.4 Å². The number of ether oxygens (including phenoxy) is 2. The highest BCUT2D eigenvalue weighted by Gasteiger charge is 2.13. The lowest BCUT2D eigenvalue weighted by Gasteiger charge is -2.08. The van der Waals surface area contributed by atoms with Gasteiger partial charge in [0.25, 0.3) is 0 Å². The Hall–Kier alpha value is -3.40. The monoisotopic (exact) mass is 433 g/mol. The summed E-state index contributed by atoms with van der Waals surface area (Å²) < 4.78 is 10.6. The van der Waals surface area contributed by atoms with E-state index in [0.29, 0.717) is 32.8 Å². The van der Waals surface area contributed by atoms with E-state index in [0.717, 1.165) is 22.2 Å². The maximum Gasteiger partial charge on any atom is 0.161 e. The third-order valence-corrected chi connectivity index (χ3v) is 5.72. The van der Waals surface area contributed by atoms with Gasteiger partial charge in [0.2, 0.25) is 0 Å². The van der Waals surface area contributed by atoms with Gasteiger partial charge in [0, 0.05) is 21.9 Å². The van der Waals surface area contributed by atoms with E-state index in [4.69, 9.17) is 21.1 Å². The van der Waals surface area contributed by atoms with Crippen molar-refractivity contribution in [3.8, 4) is 28.8 Å². The van der Waals surface area contributed by atoms with Gasteiger partial charge in [-0.15, -0.1) is 11.3 Å². The normalized spacial score (nSPS) is 11.3. The first-order chi connectivity index (χ1) is 14.6. The van der Waals surface area contributed by atoms with Gasteiger partial charge in [-0.3, -0.25) is 0 Å². The van der Waals surface area contributed by atoms with Crippen molar-refractivity contribution in [2.45, 2.75) is 0 Å². The minimum absolute atomic E-state index is 0.345. The number of pyridine rings is 1. The first-order valence-electron chi connectivity index (χ1n) is 8.98. The SMILES string of the molecule is COc1ccc(-c2csc(/C(C#N)=C/c3cc4ccccc4nc3Cl)n2)cc1OC. The number of aromatic nitrogens is 2. The molecule has 4 rings (SSSR count). The Bertz CT molecular complexity index is 1310. The highest BCUT2D eigenvalue weighted by atomic mass is 35.5. The van der Waals surface area contributed by atoms with E-state index in [1.165, 1.54) is 11.3 Å². The molecule has 0 aliphatic carbocycles. The van der Waals surface area contributed by atoms with Crippen LogP contribution in [0.3, 0.4) is 0 Å². The van der Waals surface area contributed by atoms with Gasteiger partial charge >= 0.3 is 0 Å². The van der Waals surface area contributed by atoms with Gasteiger partial charge in [-0.25, -0.2) is 9.97 Å². The Morgan fingerprint density at radius 2 is 1.87 bits per heavy atom. The Kier molecular flexibility index (Phi) is 5.66. The quantitative estimate of drug-likeness (QED) is 0.281. The molecule has 0 atom stereocenters. The molecule has 7 heteroatoms.